The van der Waals surface area contributed by atoms with Crippen molar-refractivity contribution in [2.45, 2.75) is 31.9 Å². The fraction of sp³-hybridized carbons (Fsp3) is 0.467. The number of halogens is 3. The van der Waals surface area contributed by atoms with Crippen LogP contribution in [-0.4, -0.2) is 24.2 Å². The Morgan fingerprint density at radius 3 is 2.26 bits per heavy atom. The standard InChI is InChI=1S/C15H18F3N/c16-15(17,18)14(19-11-5-2-6-12-19)10-9-13-7-3-1-4-8-13/h1,3-4,7-8,10H,2,5-6,9,11-12H2/b14-10+. The molecule has 0 radical (unpaired) electrons. The molecule has 19 heavy (non-hydrogen) atoms. The van der Waals surface area contributed by atoms with Crippen LogP contribution in [0.1, 0.15) is 24.8 Å². The van der Waals surface area contributed by atoms with Crippen molar-refractivity contribution in [3.8, 4) is 0 Å². The number of likely N-dealkylation sites (tertiary alicyclic amines) is 1. The number of hydrogen-bond acceptors (Lipinski definition) is 1. The molecule has 104 valence electrons. The summed E-state index contributed by atoms with van der Waals surface area (Å²) >= 11 is 0. The summed E-state index contributed by atoms with van der Waals surface area (Å²) in [6.45, 7) is 1.03. The van der Waals surface area contributed by atoms with Gasteiger partial charge in [0.2, 0.25) is 0 Å². The van der Waals surface area contributed by atoms with E-state index in [1.54, 1.807) is 0 Å². The minimum Gasteiger partial charge on any atom is -0.368 e. The molecule has 0 amide bonds. The highest BCUT2D eigenvalue weighted by Crippen LogP contribution is 2.30. The summed E-state index contributed by atoms with van der Waals surface area (Å²) in [6.07, 6.45) is 0.108. The van der Waals surface area contributed by atoms with Crippen LogP contribution in [0.25, 0.3) is 0 Å². The van der Waals surface area contributed by atoms with Crippen LogP contribution in [-0.2, 0) is 6.42 Å². The van der Waals surface area contributed by atoms with Gasteiger partial charge in [0.25, 0.3) is 0 Å². The normalized spacial score (nSPS) is 17.6. The largest absolute Gasteiger partial charge is 0.430 e. The first kappa shape index (κ1) is 14.0. The zero-order valence-electron chi connectivity index (χ0n) is 10.8. The molecule has 1 nitrogen and oxygen atoms in total. The summed E-state index contributed by atoms with van der Waals surface area (Å²) in [7, 11) is 0. The van der Waals surface area contributed by atoms with Gasteiger partial charge in [0.1, 0.15) is 5.70 Å². The van der Waals surface area contributed by atoms with E-state index in [-0.39, 0.29) is 0 Å². The van der Waals surface area contributed by atoms with Crippen LogP contribution in [0.2, 0.25) is 0 Å². The predicted molar refractivity (Wildman–Crippen MR) is 69.7 cm³/mol. The lowest BCUT2D eigenvalue weighted by Crippen LogP contribution is -2.35. The molecule has 1 aromatic carbocycles. The number of allylic oxidation sites excluding steroid dienone is 2. The summed E-state index contributed by atoms with van der Waals surface area (Å²) in [5.41, 5.74) is 0.428. The van der Waals surface area contributed by atoms with E-state index in [1.165, 1.54) is 11.0 Å². The number of alkyl halides is 3. The fourth-order valence-electron chi connectivity index (χ4n) is 2.39. The van der Waals surface area contributed by atoms with Crippen LogP contribution < -0.4 is 0 Å². The van der Waals surface area contributed by atoms with E-state index in [0.29, 0.717) is 19.5 Å². The Balaban J connectivity index is 2.13. The average molecular weight is 269 g/mol. The van der Waals surface area contributed by atoms with E-state index >= 15 is 0 Å². The Bertz CT molecular complexity index is 417. The molecule has 0 aromatic heterocycles. The lowest BCUT2D eigenvalue weighted by atomic mass is 10.1. The Morgan fingerprint density at radius 2 is 1.68 bits per heavy atom. The van der Waals surface area contributed by atoms with Crippen molar-refractivity contribution >= 4 is 0 Å². The molecule has 2 rings (SSSR count). The minimum absolute atomic E-state index is 0.326. The quantitative estimate of drug-likeness (QED) is 0.796. The Labute approximate surface area is 111 Å². The number of piperidine rings is 1. The molecule has 0 spiro atoms. The smallest absolute Gasteiger partial charge is 0.368 e. The Hall–Kier alpha value is -1.45. The van der Waals surface area contributed by atoms with Gasteiger partial charge in [0, 0.05) is 13.1 Å². The van der Waals surface area contributed by atoms with Crippen LogP contribution in [0.15, 0.2) is 42.1 Å². The van der Waals surface area contributed by atoms with Gasteiger partial charge in [0.05, 0.1) is 0 Å². The molecule has 1 heterocycles. The lowest BCUT2D eigenvalue weighted by molar-refractivity contribution is -0.113. The SMILES string of the molecule is FC(F)(F)/C(=C\Cc1ccccc1)N1CCCCC1. The Morgan fingerprint density at radius 1 is 1.05 bits per heavy atom. The summed E-state index contributed by atoms with van der Waals surface area (Å²) < 4.78 is 39.3. The molecular weight excluding hydrogens is 251 g/mol. The molecule has 1 fully saturated rings. The highest BCUT2D eigenvalue weighted by molar-refractivity contribution is 5.20. The lowest BCUT2D eigenvalue weighted by Gasteiger charge is -2.32. The van der Waals surface area contributed by atoms with Crippen molar-refractivity contribution in [2.75, 3.05) is 13.1 Å². The van der Waals surface area contributed by atoms with E-state index in [1.807, 2.05) is 30.3 Å². The second kappa shape index (κ2) is 6.13. The van der Waals surface area contributed by atoms with Gasteiger partial charge < -0.3 is 4.90 Å². The molecule has 1 saturated heterocycles. The molecule has 1 aliphatic rings. The van der Waals surface area contributed by atoms with Crippen molar-refractivity contribution < 1.29 is 13.2 Å². The first-order valence-electron chi connectivity index (χ1n) is 6.63. The van der Waals surface area contributed by atoms with Gasteiger partial charge in [-0.1, -0.05) is 36.4 Å². The molecular formula is C15H18F3N. The van der Waals surface area contributed by atoms with E-state index in [2.05, 4.69) is 0 Å². The van der Waals surface area contributed by atoms with Crippen molar-refractivity contribution in [3.05, 3.63) is 47.7 Å². The van der Waals surface area contributed by atoms with E-state index < -0.39 is 11.9 Å². The zero-order chi connectivity index (χ0) is 13.7. The van der Waals surface area contributed by atoms with Crippen molar-refractivity contribution in [1.29, 1.82) is 0 Å². The van der Waals surface area contributed by atoms with Crippen molar-refractivity contribution in [3.63, 3.8) is 0 Å². The average Bonchev–Trinajstić information content (AvgIpc) is 2.40. The highest BCUT2D eigenvalue weighted by atomic mass is 19.4. The summed E-state index contributed by atoms with van der Waals surface area (Å²) in [5.74, 6) is 0. The number of hydrogen-bond donors (Lipinski definition) is 0. The molecule has 0 unspecified atom stereocenters. The monoisotopic (exact) mass is 269 g/mol. The predicted octanol–water partition coefficient (Wildman–Crippen LogP) is 4.16. The second-order valence-electron chi connectivity index (χ2n) is 4.82. The first-order chi connectivity index (χ1) is 9.07. The van der Waals surface area contributed by atoms with Gasteiger partial charge in [-0.15, -0.1) is 0 Å². The molecule has 4 heteroatoms. The first-order valence-corrected chi connectivity index (χ1v) is 6.63. The van der Waals surface area contributed by atoms with Gasteiger partial charge in [0.15, 0.2) is 0 Å². The molecule has 1 aliphatic heterocycles. The van der Waals surface area contributed by atoms with Gasteiger partial charge in [-0.2, -0.15) is 13.2 Å². The number of rotatable bonds is 3. The van der Waals surface area contributed by atoms with E-state index in [0.717, 1.165) is 24.8 Å². The summed E-state index contributed by atoms with van der Waals surface area (Å²) in [5, 5.41) is 0. The van der Waals surface area contributed by atoms with Crippen molar-refractivity contribution in [2.24, 2.45) is 0 Å². The molecule has 0 aliphatic carbocycles. The highest BCUT2D eigenvalue weighted by Gasteiger charge is 2.37. The molecule has 0 bridgehead atoms. The molecule has 1 aromatic rings. The minimum atomic E-state index is -4.26. The van der Waals surface area contributed by atoms with Crippen LogP contribution in [0.5, 0.6) is 0 Å². The van der Waals surface area contributed by atoms with Crippen LogP contribution in [0.3, 0.4) is 0 Å². The summed E-state index contributed by atoms with van der Waals surface area (Å²) in [6, 6.07) is 9.25. The Kier molecular flexibility index (Phi) is 4.51. The van der Waals surface area contributed by atoms with Crippen LogP contribution in [0, 0.1) is 0 Å². The van der Waals surface area contributed by atoms with Gasteiger partial charge in [-0.3, -0.25) is 0 Å². The van der Waals surface area contributed by atoms with Gasteiger partial charge in [-0.05, 0) is 31.2 Å². The van der Waals surface area contributed by atoms with E-state index in [9.17, 15) is 13.2 Å². The third kappa shape index (κ3) is 4.01. The fourth-order valence-corrected chi connectivity index (χ4v) is 2.39. The maximum Gasteiger partial charge on any atom is 0.430 e. The van der Waals surface area contributed by atoms with E-state index in [4.69, 9.17) is 0 Å². The second-order valence-corrected chi connectivity index (χ2v) is 4.82. The number of benzene rings is 1. The van der Waals surface area contributed by atoms with Gasteiger partial charge in [-0.25, -0.2) is 0 Å². The van der Waals surface area contributed by atoms with Gasteiger partial charge >= 0.3 is 6.18 Å². The maximum absolute atomic E-state index is 13.1. The molecule has 0 N–H and O–H groups in total. The van der Waals surface area contributed by atoms with Crippen molar-refractivity contribution in [1.82, 2.24) is 4.90 Å². The third-order valence-corrected chi connectivity index (χ3v) is 3.36. The maximum atomic E-state index is 13.1. The number of nitrogens with zero attached hydrogens (tertiary/aromatic N) is 1. The topological polar surface area (TPSA) is 3.24 Å². The molecule has 0 atom stereocenters. The van der Waals surface area contributed by atoms with Crippen LogP contribution >= 0.6 is 0 Å². The zero-order valence-corrected chi connectivity index (χ0v) is 10.8. The summed E-state index contributed by atoms with van der Waals surface area (Å²) in [4.78, 5) is 1.48. The third-order valence-electron chi connectivity index (χ3n) is 3.36. The van der Waals surface area contributed by atoms with Crippen LogP contribution in [0.4, 0.5) is 13.2 Å². The molecule has 0 saturated carbocycles.